The summed E-state index contributed by atoms with van der Waals surface area (Å²) in [7, 11) is -3.30. The highest BCUT2D eigenvalue weighted by molar-refractivity contribution is 7.92. The van der Waals surface area contributed by atoms with Gasteiger partial charge in [0.05, 0.1) is 5.75 Å². The molecule has 12 heavy (non-hydrogen) atoms. The van der Waals surface area contributed by atoms with Crippen molar-refractivity contribution in [3.05, 3.63) is 0 Å². The Morgan fingerprint density at radius 3 is 2.33 bits per heavy atom. The molecule has 0 rings (SSSR count). The van der Waals surface area contributed by atoms with Gasteiger partial charge >= 0.3 is 0 Å². The van der Waals surface area contributed by atoms with Gasteiger partial charge in [-0.2, -0.15) is 0 Å². The van der Waals surface area contributed by atoms with Crippen molar-refractivity contribution in [1.29, 1.82) is 0 Å². The van der Waals surface area contributed by atoms with E-state index >= 15 is 0 Å². The topological polar surface area (TPSA) is 77.2 Å². The zero-order valence-electron chi connectivity index (χ0n) is 7.41. The maximum atomic E-state index is 11.2. The van der Waals surface area contributed by atoms with E-state index in [0.29, 0.717) is 6.42 Å². The van der Waals surface area contributed by atoms with E-state index in [0.717, 1.165) is 6.42 Å². The van der Waals surface area contributed by atoms with E-state index in [4.69, 9.17) is 5.73 Å². The first-order valence-corrected chi connectivity index (χ1v) is 5.64. The molecule has 2 N–H and O–H groups in total. The molecule has 0 fully saturated rings. The minimum atomic E-state index is -3.30. The highest BCUT2D eigenvalue weighted by Gasteiger charge is 2.24. The van der Waals surface area contributed by atoms with Gasteiger partial charge in [0.2, 0.25) is 5.91 Å². The second-order valence-corrected chi connectivity index (χ2v) is 5.21. The Bertz CT molecular complexity index is 245. The Balaban J connectivity index is 4.31. The average molecular weight is 193 g/mol. The van der Waals surface area contributed by atoms with Crippen molar-refractivity contribution < 1.29 is 13.2 Å². The van der Waals surface area contributed by atoms with Gasteiger partial charge in [-0.15, -0.1) is 0 Å². The molecule has 0 saturated carbocycles. The predicted molar refractivity (Wildman–Crippen MR) is 47.4 cm³/mol. The first-order chi connectivity index (χ1) is 5.41. The Labute approximate surface area is 73.1 Å². The summed E-state index contributed by atoms with van der Waals surface area (Å²) in [6.45, 7) is 3.22. The molecule has 0 heterocycles. The van der Waals surface area contributed by atoms with E-state index in [-0.39, 0.29) is 5.75 Å². The highest BCUT2D eigenvalue weighted by Crippen LogP contribution is 2.04. The van der Waals surface area contributed by atoms with Gasteiger partial charge in [0.15, 0.2) is 9.84 Å². The third-order valence-corrected chi connectivity index (χ3v) is 3.89. The lowest BCUT2D eigenvalue weighted by Gasteiger charge is -2.07. The zero-order valence-corrected chi connectivity index (χ0v) is 8.23. The van der Waals surface area contributed by atoms with Gasteiger partial charge in [-0.3, -0.25) is 4.79 Å². The lowest BCUT2D eigenvalue weighted by Crippen LogP contribution is -2.34. The number of hydrogen-bond donors (Lipinski definition) is 1. The Morgan fingerprint density at radius 1 is 1.50 bits per heavy atom. The molecule has 72 valence electrons. The molecule has 0 radical (unpaired) electrons. The van der Waals surface area contributed by atoms with Gasteiger partial charge in [0, 0.05) is 0 Å². The number of nitrogens with two attached hydrogens (primary N) is 1. The van der Waals surface area contributed by atoms with Gasteiger partial charge in [-0.25, -0.2) is 8.42 Å². The molecule has 1 atom stereocenters. The summed E-state index contributed by atoms with van der Waals surface area (Å²) in [6, 6.07) is 0. The fraction of sp³-hybridized carbons (Fsp3) is 0.857. The van der Waals surface area contributed by atoms with E-state index in [1.54, 1.807) is 0 Å². The number of carbonyl (C=O) groups is 1. The van der Waals surface area contributed by atoms with Crippen LogP contribution < -0.4 is 5.73 Å². The number of carbonyl (C=O) groups excluding carboxylic acids is 1. The van der Waals surface area contributed by atoms with Crippen LogP contribution in [0.15, 0.2) is 0 Å². The molecular formula is C7H15NO3S. The fourth-order valence-corrected chi connectivity index (χ4v) is 2.10. The maximum absolute atomic E-state index is 11.2. The van der Waals surface area contributed by atoms with E-state index in [2.05, 4.69) is 0 Å². The minimum Gasteiger partial charge on any atom is -0.369 e. The fourth-order valence-electron chi connectivity index (χ4n) is 0.699. The first kappa shape index (κ1) is 11.4. The van der Waals surface area contributed by atoms with Crippen molar-refractivity contribution in [3.63, 3.8) is 0 Å². The van der Waals surface area contributed by atoms with Crippen molar-refractivity contribution in [2.45, 2.75) is 31.9 Å². The molecule has 5 heteroatoms. The van der Waals surface area contributed by atoms with E-state index < -0.39 is 21.0 Å². The molecule has 0 saturated heterocycles. The number of rotatable bonds is 5. The smallest absolute Gasteiger partial charge is 0.235 e. The molecule has 0 aliphatic carbocycles. The molecule has 0 bridgehead atoms. The van der Waals surface area contributed by atoms with Crippen LogP contribution >= 0.6 is 0 Å². The minimum absolute atomic E-state index is 0.0492. The van der Waals surface area contributed by atoms with Crippen molar-refractivity contribution >= 4 is 15.7 Å². The lowest BCUT2D eigenvalue weighted by molar-refractivity contribution is -0.117. The third-order valence-electron chi connectivity index (χ3n) is 1.72. The van der Waals surface area contributed by atoms with Crippen LogP contribution in [0.4, 0.5) is 0 Å². The first-order valence-electron chi connectivity index (χ1n) is 3.92. The molecule has 1 unspecified atom stereocenters. The number of sulfone groups is 1. The third kappa shape index (κ3) is 3.21. The molecule has 1 amide bonds. The zero-order chi connectivity index (χ0) is 9.78. The number of primary amides is 1. The molecule has 0 aromatic rings. The standard InChI is InChI=1S/C7H15NO3S/c1-3-4-5-12(10,11)6(2)7(8)9/h6H,3-5H2,1-2H3,(H2,8,9). The molecular weight excluding hydrogens is 178 g/mol. The summed E-state index contributed by atoms with van der Waals surface area (Å²) in [5.41, 5.74) is 4.88. The largest absolute Gasteiger partial charge is 0.369 e. The van der Waals surface area contributed by atoms with Crippen LogP contribution in [0.2, 0.25) is 0 Å². The summed E-state index contributed by atoms with van der Waals surface area (Å²) in [5, 5.41) is -1.05. The average Bonchev–Trinajstić information content (AvgIpc) is 1.99. The van der Waals surface area contributed by atoms with Crippen LogP contribution in [0, 0.1) is 0 Å². The van der Waals surface area contributed by atoms with Gasteiger partial charge in [0.25, 0.3) is 0 Å². The Hall–Kier alpha value is -0.580. The lowest BCUT2D eigenvalue weighted by atomic mass is 10.4. The molecule has 4 nitrogen and oxygen atoms in total. The molecule has 0 aromatic heterocycles. The van der Waals surface area contributed by atoms with E-state index in [1.807, 2.05) is 6.92 Å². The van der Waals surface area contributed by atoms with Crippen LogP contribution in [0.3, 0.4) is 0 Å². The van der Waals surface area contributed by atoms with Crippen LogP contribution in [-0.2, 0) is 14.6 Å². The summed E-state index contributed by atoms with van der Waals surface area (Å²) < 4.78 is 22.5. The quantitative estimate of drug-likeness (QED) is 0.671. The number of unbranched alkanes of at least 4 members (excludes halogenated alkanes) is 1. The van der Waals surface area contributed by atoms with E-state index in [9.17, 15) is 13.2 Å². The number of hydrogen-bond acceptors (Lipinski definition) is 3. The molecule has 0 aliphatic heterocycles. The Morgan fingerprint density at radius 2 is 2.00 bits per heavy atom. The summed E-state index contributed by atoms with van der Waals surface area (Å²) in [6.07, 6.45) is 1.38. The highest BCUT2D eigenvalue weighted by atomic mass is 32.2. The molecule has 0 aliphatic rings. The van der Waals surface area contributed by atoms with Crippen LogP contribution in [0.5, 0.6) is 0 Å². The van der Waals surface area contributed by atoms with Crippen molar-refractivity contribution in [2.24, 2.45) is 5.73 Å². The normalized spacial score (nSPS) is 14.2. The van der Waals surface area contributed by atoms with Gasteiger partial charge in [-0.1, -0.05) is 13.3 Å². The number of amides is 1. The maximum Gasteiger partial charge on any atom is 0.235 e. The van der Waals surface area contributed by atoms with Crippen LogP contribution in [0.25, 0.3) is 0 Å². The summed E-state index contributed by atoms with van der Waals surface area (Å²) >= 11 is 0. The van der Waals surface area contributed by atoms with Crippen LogP contribution in [-0.4, -0.2) is 25.3 Å². The summed E-state index contributed by atoms with van der Waals surface area (Å²) in [4.78, 5) is 10.6. The predicted octanol–water partition coefficient (Wildman–Crippen LogP) is 0.0751. The van der Waals surface area contributed by atoms with E-state index in [1.165, 1.54) is 6.92 Å². The van der Waals surface area contributed by atoms with Gasteiger partial charge in [-0.05, 0) is 13.3 Å². The molecule has 0 aromatic carbocycles. The summed E-state index contributed by atoms with van der Waals surface area (Å²) in [5.74, 6) is -0.723. The molecule has 0 spiro atoms. The second kappa shape index (κ2) is 4.45. The monoisotopic (exact) mass is 193 g/mol. The van der Waals surface area contributed by atoms with Crippen molar-refractivity contribution in [1.82, 2.24) is 0 Å². The SMILES string of the molecule is CCCCS(=O)(=O)C(C)C(N)=O. The Kier molecular flexibility index (Phi) is 4.23. The van der Waals surface area contributed by atoms with Crippen molar-refractivity contribution in [3.8, 4) is 0 Å². The van der Waals surface area contributed by atoms with Gasteiger partial charge in [0.1, 0.15) is 5.25 Å². The van der Waals surface area contributed by atoms with Crippen LogP contribution in [0.1, 0.15) is 26.7 Å². The van der Waals surface area contributed by atoms with Crippen molar-refractivity contribution in [2.75, 3.05) is 5.75 Å². The second-order valence-electron chi connectivity index (χ2n) is 2.77. The van der Waals surface area contributed by atoms with Gasteiger partial charge < -0.3 is 5.73 Å².